The first-order valence-corrected chi connectivity index (χ1v) is 7.66. The minimum atomic E-state index is 0.0152. The maximum Gasteiger partial charge on any atom is 0.185 e. The van der Waals surface area contributed by atoms with Gasteiger partial charge < -0.3 is 14.5 Å². The van der Waals surface area contributed by atoms with Crippen LogP contribution in [0.5, 0.6) is 0 Å². The van der Waals surface area contributed by atoms with Crippen LogP contribution in [0.25, 0.3) is 0 Å². The van der Waals surface area contributed by atoms with E-state index in [1.54, 1.807) is 11.3 Å². The fourth-order valence-corrected chi connectivity index (χ4v) is 3.66. The van der Waals surface area contributed by atoms with Crippen LogP contribution in [0.1, 0.15) is 23.4 Å². The number of aromatic nitrogens is 1. The molecule has 2 rings (SSSR count). The van der Waals surface area contributed by atoms with Crippen LogP contribution in [-0.4, -0.2) is 56.3 Å². The summed E-state index contributed by atoms with van der Waals surface area (Å²) in [6.45, 7) is 7.30. The molecule has 1 aromatic rings. The first kappa shape index (κ1) is 14.8. The SMILES string of the molecule is COC1(CN(C)C)CCN(c2nc(C)c(C)s2)CC1. The molecule has 108 valence electrons. The molecule has 4 nitrogen and oxygen atoms in total. The van der Waals surface area contributed by atoms with Crippen LogP contribution in [0.2, 0.25) is 0 Å². The average Bonchev–Trinajstić information content (AvgIpc) is 2.70. The molecule has 2 heterocycles. The van der Waals surface area contributed by atoms with E-state index in [1.165, 1.54) is 10.0 Å². The molecule has 1 aliphatic heterocycles. The Labute approximate surface area is 120 Å². The fraction of sp³-hybridized carbons (Fsp3) is 0.786. The van der Waals surface area contributed by atoms with Crippen LogP contribution in [0.15, 0.2) is 0 Å². The van der Waals surface area contributed by atoms with Crippen LogP contribution >= 0.6 is 11.3 Å². The Balaban J connectivity index is 2.01. The Kier molecular flexibility index (Phi) is 4.48. The number of nitrogens with zero attached hydrogens (tertiary/aromatic N) is 3. The standard InChI is InChI=1S/C14H25N3OS/c1-11-12(2)19-13(15-11)17-8-6-14(18-5,7-9-17)10-16(3)4/h6-10H2,1-5H3. The molecular formula is C14H25N3OS. The zero-order chi connectivity index (χ0) is 14.0. The Bertz CT molecular complexity index is 403. The van der Waals surface area contributed by atoms with Gasteiger partial charge in [0.2, 0.25) is 0 Å². The quantitative estimate of drug-likeness (QED) is 0.848. The zero-order valence-corrected chi connectivity index (χ0v) is 13.5. The van der Waals surface area contributed by atoms with Crippen molar-refractivity contribution in [3.05, 3.63) is 10.6 Å². The van der Waals surface area contributed by atoms with E-state index in [9.17, 15) is 0 Å². The lowest BCUT2D eigenvalue weighted by Gasteiger charge is -2.42. The Hall–Kier alpha value is -0.650. The van der Waals surface area contributed by atoms with Crippen molar-refractivity contribution in [1.29, 1.82) is 0 Å². The normalized spacial score (nSPS) is 19.2. The van der Waals surface area contributed by atoms with Crippen molar-refractivity contribution in [2.75, 3.05) is 45.7 Å². The van der Waals surface area contributed by atoms with Crippen molar-refractivity contribution in [3.8, 4) is 0 Å². The highest BCUT2D eigenvalue weighted by Crippen LogP contribution is 2.32. The number of ether oxygens (including phenoxy) is 1. The number of likely N-dealkylation sites (N-methyl/N-ethyl adjacent to an activating group) is 1. The Morgan fingerprint density at radius 3 is 2.37 bits per heavy atom. The smallest absolute Gasteiger partial charge is 0.185 e. The second-order valence-corrected chi connectivity index (χ2v) is 6.93. The second-order valence-electron chi connectivity index (χ2n) is 5.75. The molecule has 1 fully saturated rings. The van der Waals surface area contributed by atoms with Gasteiger partial charge in [-0.3, -0.25) is 0 Å². The van der Waals surface area contributed by atoms with E-state index in [2.05, 4.69) is 42.7 Å². The van der Waals surface area contributed by atoms with Gasteiger partial charge in [0, 0.05) is 31.6 Å². The molecule has 0 amide bonds. The van der Waals surface area contributed by atoms with E-state index in [-0.39, 0.29) is 5.60 Å². The summed E-state index contributed by atoms with van der Waals surface area (Å²) >= 11 is 1.81. The predicted molar refractivity (Wildman–Crippen MR) is 81.3 cm³/mol. The van der Waals surface area contributed by atoms with Gasteiger partial charge in [-0.2, -0.15) is 0 Å². The van der Waals surface area contributed by atoms with E-state index in [4.69, 9.17) is 4.74 Å². The molecule has 1 saturated heterocycles. The van der Waals surface area contributed by atoms with Crippen molar-refractivity contribution in [3.63, 3.8) is 0 Å². The maximum atomic E-state index is 5.82. The van der Waals surface area contributed by atoms with Crippen LogP contribution < -0.4 is 4.90 Å². The summed E-state index contributed by atoms with van der Waals surface area (Å²) in [4.78, 5) is 10.6. The number of anilines is 1. The number of rotatable bonds is 4. The molecule has 0 spiro atoms. The Morgan fingerprint density at radius 1 is 1.32 bits per heavy atom. The highest BCUT2D eigenvalue weighted by molar-refractivity contribution is 7.15. The number of thiazole rings is 1. The molecule has 5 heteroatoms. The minimum Gasteiger partial charge on any atom is -0.377 e. The van der Waals surface area contributed by atoms with Crippen LogP contribution in [-0.2, 0) is 4.74 Å². The summed E-state index contributed by atoms with van der Waals surface area (Å²) in [6, 6.07) is 0. The van der Waals surface area contributed by atoms with Gasteiger partial charge in [0.05, 0.1) is 11.3 Å². The lowest BCUT2D eigenvalue weighted by atomic mass is 9.91. The van der Waals surface area contributed by atoms with Crippen LogP contribution in [0, 0.1) is 13.8 Å². The molecule has 0 aromatic carbocycles. The maximum absolute atomic E-state index is 5.82. The first-order chi connectivity index (χ1) is 8.96. The molecular weight excluding hydrogens is 258 g/mol. The summed E-state index contributed by atoms with van der Waals surface area (Å²) in [6.07, 6.45) is 2.14. The third-order valence-electron chi connectivity index (χ3n) is 4.00. The molecule has 0 aliphatic carbocycles. The summed E-state index contributed by atoms with van der Waals surface area (Å²) in [5.74, 6) is 0. The molecule has 0 N–H and O–H groups in total. The van der Waals surface area contributed by atoms with Gasteiger partial charge in [-0.25, -0.2) is 4.98 Å². The molecule has 0 bridgehead atoms. The van der Waals surface area contributed by atoms with Gasteiger partial charge in [0.1, 0.15) is 0 Å². The molecule has 1 aromatic heterocycles. The van der Waals surface area contributed by atoms with Crippen molar-refractivity contribution in [1.82, 2.24) is 9.88 Å². The largest absolute Gasteiger partial charge is 0.377 e. The average molecular weight is 283 g/mol. The summed E-state index contributed by atoms with van der Waals surface area (Å²) in [5.41, 5.74) is 1.18. The Morgan fingerprint density at radius 2 is 1.95 bits per heavy atom. The van der Waals surface area contributed by atoms with Crippen molar-refractivity contribution in [2.45, 2.75) is 32.3 Å². The van der Waals surface area contributed by atoms with E-state index in [1.807, 2.05) is 7.11 Å². The third-order valence-corrected chi connectivity index (χ3v) is 5.13. The van der Waals surface area contributed by atoms with E-state index in [0.717, 1.165) is 38.2 Å². The highest BCUT2D eigenvalue weighted by atomic mass is 32.1. The van der Waals surface area contributed by atoms with Crippen LogP contribution in [0.3, 0.4) is 0 Å². The van der Waals surface area contributed by atoms with Crippen molar-refractivity contribution >= 4 is 16.5 Å². The van der Waals surface area contributed by atoms with E-state index in [0.29, 0.717) is 0 Å². The third kappa shape index (κ3) is 3.27. The zero-order valence-electron chi connectivity index (χ0n) is 12.7. The highest BCUT2D eigenvalue weighted by Gasteiger charge is 2.35. The first-order valence-electron chi connectivity index (χ1n) is 6.85. The molecule has 0 saturated carbocycles. The predicted octanol–water partition coefficient (Wildman–Crippen LogP) is 2.31. The monoisotopic (exact) mass is 283 g/mol. The van der Waals surface area contributed by atoms with Crippen molar-refractivity contribution in [2.24, 2.45) is 0 Å². The van der Waals surface area contributed by atoms with Gasteiger partial charge in [-0.15, -0.1) is 11.3 Å². The number of piperidine rings is 1. The van der Waals surface area contributed by atoms with Gasteiger partial charge in [0.15, 0.2) is 5.13 Å². The number of hydrogen-bond donors (Lipinski definition) is 0. The lowest BCUT2D eigenvalue weighted by Crippen LogP contribution is -2.51. The van der Waals surface area contributed by atoms with Crippen molar-refractivity contribution < 1.29 is 4.74 Å². The molecule has 0 radical (unpaired) electrons. The van der Waals surface area contributed by atoms with Gasteiger partial charge in [-0.05, 0) is 40.8 Å². The number of aryl methyl sites for hydroxylation is 2. The van der Waals surface area contributed by atoms with Gasteiger partial charge in [-0.1, -0.05) is 0 Å². The fourth-order valence-electron chi connectivity index (χ4n) is 2.70. The molecule has 0 atom stereocenters. The summed E-state index contributed by atoms with van der Waals surface area (Å²) < 4.78 is 5.82. The second kappa shape index (κ2) is 5.77. The van der Waals surface area contributed by atoms with Gasteiger partial charge >= 0.3 is 0 Å². The van der Waals surface area contributed by atoms with Crippen LogP contribution in [0.4, 0.5) is 5.13 Å². The van der Waals surface area contributed by atoms with E-state index >= 15 is 0 Å². The summed E-state index contributed by atoms with van der Waals surface area (Å²) in [7, 11) is 6.07. The number of methoxy groups -OCH3 is 1. The minimum absolute atomic E-state index is 0.0152. The summed E-state index contributed by atoms with van der Waals surface area (Å²) in [5, 5.41) is 1.17. The molecule has 0 unspecified atom stereocenters. The van der Waals surface area contributed by atoms with Gasteiger partial charge in [0.25, 0.3) is 0 Å². The van der Waals surface area contributed by atoms with E-state index < -0.39 is 0 Å². The topological polar surface area (TPSA) is 28.6 Å². The lowest BCUT2D eigenvalue weighted by molar-refractivity contribution is -0.0454. The molecule has 19 heavy (non-hydrogen) atoms. The number of hydrogen-bond acceptors (Lipinski definition) is 5. The molecule has 1 aliphatic rings.